The molecular formula is C20H20N4O3. The van der Waals surface area contributed by atoms with Crippen LogP contribution in [0.4, 0.5) is 5.69 Å². The summed E-state index contributed by atoms with van der Waals surface area (Å²) in [7, 11) is 0. The number of carbonyl (C=O) groups excluding carboxylic acids is 1. The molecule has 1 fully saturated rings. The van der Waals surface area contributed by atoms with E-state index in [1.165, 1.54) is 6.07 Å². The molecule has 7 heteroatoms. The van der Waals surface area contributed by atoms with Crippen LogP contribution >= 0.6 is 0 Å². The first kappa shape index (κ1) is 17.2. The van der Waals surface area contributed by atoms with Crippen LogP contribution in [0.1, 0.15) is 40.5 Å². The molecule has 1 aliphatic heterocycles. The van der Waals surface area contributed by atoms with Crippen LogP contribution < -0.4 is 0 Å². The number of hydrogen-bond acceptors (Lipinski definition) is 4. The summed E-state index contributed by atoms with van der Waals surface area (Å²) in [5, 5.41) is 11.2. The Balaban J connectivity index is 1.59. The van der Waals surface area contributed by atoms with Crippen molar-refractivity contribution in [1.29, 1.82) is 0 Å². The molecule has 2 aromatic carbocycles. The van der Waals surface area contributed by atoms with Crippen LogP contribution in [0, 0.1) is 17.0 Å². The number of para-hydroxylation sites is 2. The number of rotatable bonds is 3. The van der Waals surface area contributed by atoms with Crippen molar-refractivity contribution < 1.29 is 9.72 Å². The number of piperidine rings is 1. The highest BCUT2D eigenvalue weighted by molar-refractivity contribution is 5.96. The van der Waals surface area contributed by atoms with Gasteiger partial charge < -0.3 is 9.88 Å². The van der Waals surface area contributed by atoms with Gasteiger partial charge in [0.1, 0.15) is 5.82 Å². The van der Waals surface area contributed by atoms with Gasteiger partial charge in [-0.05, 0) is 38.0 Å². The van der Waals surface area contributed by atoms with E-state index in [1.54, 1.807) is 24.0 Å². The second-order valence-electron chi connectivity index (χ2n) is 6.94. The highest BCUT2D eigenvalue weighted by Gasteiger charge is 2.29. The Morgan fingerprint density at radius 2 is 2.07 bits per heavy atom. The normalized spacial score (nSPS) is 17.2. The van der Waals surface area contributed by atoms with Crippen molar-refractivity contribution in [2.45, 2.75) is 25.7 Å². The highest BCUT2D eigenvalue weighted by atomic mass is 16.6. The summed E-state index contributed by atoms with van der Waals surface area (Å²) in [6.07, 6.45) is 1.83. The quantitative estimate of drug-likeness (QED) is 0.565. The Morgan fingerprint density at radius 1 is 1.26 bits per heavy atom. The summed E-state index contributed by atoms with van der Waals surface area (Å²) in [5.74, 6) is 0.871. The summed E-state index contributed by atoms with van der Waals surface area (Å²) >= 11 is 0. The van der Waals surface area contributed by atoms with Crippen molar-refractivity contribution in [3.8, 4) is 0 Å². The number of aromatic nitrogens is 2. The zero-order valence-electron chi connectivity index (χ0n) is 15.0. The Kier molecular flexibility index (Phi) is 4.35. The Labute approximate surface area is 156 Å². The number of nitro benzene ring substituents is 1. The first-order valence-electron chi connectivity index (χ1n) is 9.02. The standard InChI is InChI=1S/C20H20N4O3/c1-13-15(7-4-10-18(13)24(26)27)20(25)23-11-5-6-14(12-23)19-21-16-8-2-3-9-17(16)22-19/h2-4,7-10,14H,5-6,11-12H2,1H3,(H,21,22)/t14-/m0/s1. The van der Waals surface area contributed by atoms with Gasteiger partial charge in [-0.1, -0.05) is 18.2 Å². The molecule has 1 amide bonds. The summed E-state index contributed by atoms with van der Waals surface area (Å²) in [6.45, 7) is 2.84. The maximum absolute atomic E-state index is 13.0. The monoisotopic (exact) mass is 364 g/mol. The molecular weight excluding hydrogens is 344 g/mol. The maximum atomic E-state index is 13.0. The van der Waals surface area contributed by atoms with Gasteiger partial charge in [0.05, 0.1) is 16.0 Å². The summed E-state index contributed by atoms with van der Waals surface area (Å²) in [5.41, 5.74) is 2.70. The molecule has 1 aliphatic rings. The minimum atomic E-state index is -0.445. The lowest BCUT2D eigenvalue weighted by Crippen LogP contribution is -2.39. The smallest absolute Gasteiger partial charge is 0.273 e. The fourth-order valence-corrected chi connectivity index (χ4v) is 3.77. The molecule has 0 spiro atoms. The second kappa shape index (κ2) is 6.83. The number of nitrogens with zero attached hydrogens (tertiary/aromatic N) is 3. The van der Waals surface area contributed by atoms with Crippen LogP contribution in [0.15, 0.2) is 42.5 Å². The van der Waals surface area contributed by atoms with E-state index in [0.29, 0.717) is 24.2 Å². The van der Waals surface area contributed by atoms with E-state index in [-0.39, 0.29) is 17.5 Å². The zero-order valence-corrected chi connectivity index (χ0v) is 15.0. The van der Waals surface area contributed by atoms with E-state index in [9.17, 15) is 14.9 Å². The minimum absolute atomic E-state index is 0.0216. The molecule has 4 rings (SSSR count). The maximum Gasteiger partial charge on any atom is 0.273 e. The molecule has 7 nitrogen and oxygen atoms in total. The minimum Gasteiger partial charge on any atom is -0.342 e. The van der Waals surface area contributed by atoms with Gasteiger partial charge in [-0.3, -0.25) is 14.9 Å². The fourth-order valence-electron chi connectivity index (χ4n) is 3.77. The van der Waals surface area contributed by atoms with Gasteiger partial charge in [0.25, 0.3) is 11.6 Å². The van der Waals surface area contributed by atoms with E-state index in [4.69, 9.17) is 0 Å². The molecule has 138 valence electrons. The molecule has 0 saturated carbocycles. The van der Waals surface area contributed by atoms with E-state index in [1.807, 2.05) is 24.3 Å². The predicted molar refractivity (Wildman–Crippen MR) is 102 cm³/mol. The molecule has 1 aromatic heterocycles. The number of nitrogens with one attached hydrogen (secondary N) is 1. The number of hydrogen-bond donors (Lipinski definition) is 1. The SMILES string of the molecule is Cc1c(C(=O)N2CCC[C@H](c3nc4ccccc4[nH]3)C2)cccc1[N+](=O)[O-]. The number of amides is 1. The van der Waals surface area contributed by atoms with Gasteiger partial charge in [-0.2, -0.15) is 0 Å². The van der Waals surface area contributed by atoms with E-state index in [0.717, 1.165) is 29.7 Å². The molecule has 3 aromatic rings. The molecule has 0 radical (unpaired) electrons. The Hall–Kier alpha value is -3.22. The lowest BCUT2D eigenvalue weighted by atomic mass is 9.96. The van der Waals surface area contributed by atoms with E-state index < -0.39 is 4.92 Å². The van der Waals surface area contributed by atoms with Crippen LogP contribution in [-0.2, 0) is 0 Å². The van der Waals surface area contributed by atoms with E-state index in [2.05, 4.69) is 9.97 Å². The third-order valence-electron chi connectivity index (χ3n) is 5.24. The first-order valence-corrected chi connectivity index (χ1v) is 9.02. The van der Waals surface area contributed by atoms with Crippen molar-refractivity contribution in [2.75, 3.05) is 13.1 Å². The van der Waals surface area contributed by atoms with Gasteiger partial charge in [0, 0.05) is 36.2 Å². The Morgan fingerprint density at radius 3 is 2.85 bits per heavy atom. The first-order chi connectivity index (χ1) is 13.0. The topological polar surface area (TPSA) is 92.1 Å². The van der Waals surface area contributed by atoms with Gasteiger partial charge >= 0.3 is 0 Å². The largest absolute Gasteiger partial charge is 0.342 e. The number of aromatic amines is 1. The average Bonchev–Trinajstić information content (AvgIpc) is 3.12. The number of fused-ring (bicyclic) bond motifs is 1. The van der Waals surface area contributed by atoms with Gasteiger partial charge in [0.2, 0.25) is 0 Å². The molecule has 0 bridgehead atoms. The summed E-state index contributed by atoms with van der Waals surface area (Å²) < 4.78 is 0. The zero-order chi connectivity index (χ0) is 19.0. The van der Waals surface area contributed by atoms with Crippen molar-refractivity contribution in [1.82, 2.24) is 14.9 Å². The fraction of sp³-hybridized carbons (Fsp3) is 0.300. The van der Waals surface area contributed by atoms with Crippen LogP contribution in [-0.4, -0.2) is 38.8 Å². The lowest BCUT2D eigenvalue weighted by Gasteiger charge is -2.32. The number of H-pyrrole nitrogens is 1. The van der Waals surface area contributed by atoms with Crippen LogP contribution in [0.25, 0.3) is 11.0 Å². The number of likely N-dealkylation sites (tertiary alicyclic amines) is 1. The third-order valence-corrected chi connectivity index (χ3v) is 5.24. The predicted octanol–water partition coefficient (Wildman–Crippen LogP) is 3.80. The highest BCUT2D eigenvalue weighted by Crippen LogP contribution is 2.29. The lowest BCUT2D eigenvalue weighted by molar-refractivity contribution is -0.385. The number of benzene rings is 2. The Bertz CT molecular complexity index is 994. The number of nitro groups is 1. The van der Waals surface area contributed by atoms with Crippen molar-refractivity contribution in [3.63, 3.8) is 0 Å². The molecule has 2 heterocycles. The number of imidazole rings is 1. The van der Waals surface area contributed by atoms with Crippen molar-refractivity contribution in [3.05, 3.63) is 69.5 Å². The molecule has 0 unspecified atom stereocenters. The molecule has 1 N–H and O–H groups in total. The van der Waals surface area contributed by atoms with Crippen LogP contribution in [0.2, 0.25) is 0 Å². The number of carbonyl (C=O) groups is 1. The molecule has 0 aliphatic carbocycles. The summed E-state index contributed by atoms with van der Waals surface area (Å²) in [4.78, 5) is 33.6. The van der Waals surface area contributed by atoms with E-state index >= 15 is 0 Å². The average molecular weight is 364 g/mol. The summed E-state index contributed by atoms with van der Waals surface area (Å²) in [6, 6.07) is 12.5. The van der Waals surface area contributed by atoms with Gasteiger partial charge in [-0.15, -0.1) is 0 Å². The molecule has 27 heavy (non-hydrogen) atoms. The molecule has 1 atom stereocenters. The van der Waals surface area contributed by atoms with Crippen molar-refractivity contribution >= 4 is 22.6 Å². The van der Waals surface area contributed by atoms with Gasteiger partial charge in [0.15, 0.2) is 0 Å². The van der Waals surface area contributed by atoms with Crippen molar-refractivity contribution in [2.24, 2.45) is 0 Å². The third kappa shape index (κ3) is 3.16. The second-order valence-corrected chi connectivity index (χ2v) is 6.94. The molecule has 1 saturated heterocycles. The van der Waals surface area contributed by atoms with Gasteiger partial charge in [-0.25, -0.2) is 4.98 Å². The van der Waals surface area contributed by atoms with Crippen LogP contribution in [0.3, 0.4) is 0 Å². The van der Waals surface area contributed by atoms with Crippen LogP contribution in [0.5, 0.6) is 0 Å².